The van der Waals surface area contributed by atoms with Crippen molar-refractivity contribution in [2.75, 3.05) is 49.6 Å². The van der Waals surface area contributed by atoms with Crippen LogP contribution in [-0.4, -0.2) is 77.0 Å². The van der Waals surface area contributed by atoms with E-state index in [0.717, 1.165) is 5.56 Å². The summed E-state index contributed by atoms with van der Waals surface area (Å²) in [5, 5.41) is 4.96. The molecule has 31 heavy (non-hydrogen) atoms. The van der Waals surface area contributed by atoms with E-state index in [0.29, 0.717) is 43.6 Å². The summed E-state index contributed by atoms with van der Waals surface area (Å²) in [6.07, 6.45) is -0.356. The van der Waals surface area contributed by atoms with E-state index in [-0.39, 0.29) is 35.2 Å². The molecule has 2 heterocycles. The second kappa shape index (κ2) is 11.1. The fourth-order valence-electron chi connectivity index (χ4n) is 2.92. The molecule has 0 radical (unpaired) electrons. The third-order valence-electron chi connectivity index (χ3n) is 4.51. The number of thioether (sulfide) groups is 1. The number of nitrogens with zero attached hydrogens (tertiary/aromatic N) is 3. The van der Waals surface area contributed by atoms with Gasteiger partial charge in [0.2, 0.25) is 11.8 Å². The van der Waals surface area contributed by atoms with Crippen LogP contribution in [0.4, 0.5) is 14.3 Å². The zero-order valence-electron chi connectivity index (χ0n) is 17.0. The monoisotopic (exact) mass is 466 g/mol. The Morgan fingerprint density at radius 1 is 1.13 bits per heavy atom. The van der Waals surface area contributed by atoms with Crippen molar-refractivity contribution in [3.63, 3.8) is 0 Å². The number of aromatic nitrogens is 1. The molecule has 3 rings (SSSR count). The Morgan fingerprint density at radius 3 is 2.48 bits per heavy atom. The molecule has 2 aromatic rings. The largest absolute Gasteiger partial charge is 0.450 e. The maximum absolute atomic E-state index is 13.0. The Kier molecular flexibility index (Phi) is 8.24. The van der Waals surface area contributed by atoms with Gasteiger partial charge in [-0.1, -0.05) is 0 Å². The lowest BCUT2D eigenvalue weighted by atomic mass is 10.2. The average Bonchev–Trinajstić information content (AvgIpc) is 3.22. The first-order chi connectivity index (χ1) is 15.0. The maximum atomic E-state index is 13.0. The minimum absolute atomic E-state index is 0.0610. The molecular weight excluding hydrogens is 443 g/mol. The van der Waals surface area contributed by atoms with Crippen LogP contribution in [0.1, 0.15) is 6.92 Å². The predicted molar refractivity (Wildman–Crippen MR) is 119 cm³/mol. The highest BCUT2D eigenvalue weighted by Crippen LogP contribution is 2.25. The van der Waals surface area contributed by atoms with Crippen molar-refractivity contribution in [2.45, 2.75) is 6.92 Å². The Bertz CT molecular complexity index is 914. The van der Waals surface area contributed by atoms with E-state index in [1.807, 2.05) is 0 Å². The molecule has 1 aliphatic rings. The van der Waals surface area contributed by atoms with E-state index < -0.39 is 0 Å². The normalized spacial score (nSPS) is 13.7. The molecule has 1 aromatic heterocycles. The quantitative estimate of drug-likeness (QED) is 0.675. The zero-order valence-corrected chi connectivity index (χ0v) is 18.6. The number of thiazole rings is 1. The summed E-state index contributed by atoms with van der Waals surface area (Å²) in [4.78, 5) is 43.8. The van der Waals surface area contributed by atoms with Gasteiger partial charge in [0.05, 0.1) is 23.8 Å². The molecule has 1 N–H and O–H groups in total. The van der Waals surface area contributed by atoms with Crippen LogP contribution in [0.25, 0.3) is 11.3 Å². The predicted octanol–water partition coefficient (Wildman–Crippen LogP) is 2.92. The van der Waals surface area contributed by atoms with Gasteiger partial charge >= 0.3 is 6.09 Å². The van der Waals surface area contributed by atoms with Gasteiger partial charge < -0.3 is 19.9 Å². The molecule has 0 atom stereocenters. The van der Waals surface area contributed by atoms with Crippen molar-refractivity contribution in [2.24, 2.45) is 0 Å². The number of nitrogens with one attached hydrogen (secondary N) is 1. The first kappa shape index (κ1) is 23.0. The average molecular weight is 467 g/mol. The molecule has 0 aliphatic carbocycles. The highest BCUT2D eigenvalue weighted by Gasteiger charge is 2.24. The van der Waals surface area contributed by atoms with Crippen LogP contribution in [0, 0.1) is 5.82 Å². The first-order valence-electron chi connectivity index (χ1n) is 9.74. The lowest BCUT2D eigenvalue weighted by Gasteiger charge is -2.34. The van der Waals surface area contributed by atoms with Crippen LogP contribution in [0.15, 0.2) is 29.6 Å². The van der Waals surface area contributed by atoms with E-state index in [9.17, 15) is 18.8 Å². The number of carbonyl (C=O) groups excluding carboxylic acids is 3. The number of carbonyl (C=O) groups is 3. The zero-order chi connectivity index (χ0) is 22.2. The minimum atomic E-state index is -0.356. The Labute approximate surface area is 187 Å². The van der Waals surface area contributed by atoms with Crippen LogP contribution >= 0.6 is 23.1 Å². The maximum Gasteiger partial charge on any atom is 0.409 e. The SMILES string of the molecule is CCOC(=O)N1CCN(C(=O)CSCC(=O)Nc2nc(-c3ccc(F)cc3)cs2)CC1. The number of hydrogen-bond donors (Lipinski definition) is 1. The van der Waals surface area contributed by atoms with Crippen LogP contribution in [-0.2, 0) is 14.3 Å². The molecule has 11 heteroatoms. The van der Waals surface area contributed by atoms with Gasteiger partial charge in [-0.2, -0.15) is 0 Å². The number of halogens is 1. The van der Waals surface area contributed by atoms with E-state index in [1.165, 1.54) is 35.2 Å². The van der Waals surface area contributed by atoms with E-state index in [1.54, 1.807) is 34.2 Å². The lowest BCUT2D eigenvalue weighted by molar-refractivity contribution is -0.129. The summed E-state index contributed by atoms with van der Waals surface area (Å²) in [5.41, 5.74) is 1.42. The van der Waals surface area contributed by atoms with Gasteiger partial charge in [-0.25, -0.2) is 14.2 Å². The first-order valence-corrected chi connectivity index (χ1v) is 11.8. The van der Waals surface area contributed by atoms with Crippen LogP contribution in [0.5, 0.6) is 0 Å². The number of benzene rings is 1. The summed E-state index contributed by atoms with van der Waals surface area (Å²) < 4.78 is 18.0. The summed E-state index contributed by atoms with van der Waals surface area (Å²) in [5.74, 6) is -0.315. The van der Waals surface area contributed by atoms with Crippen LogP contribution in [0.3, 0.4) is 0 Å². The van der Waals surface area contributed by atoms with Crippen molar-refractivity contribution >= 4 is 46.1 Å². The number of amides is 3. The fourth-order valence-corrected chi connectivity index (χ4v) is 4.37. The van der Waals surface area contributed by atoms with Crippen LogP contribution in [0.2, 0.25) is 0 Å². The van der Waals surface area contributed by atoms with Gasteiger partial charge in [0, 0.05) is 37.1 Å². The molecule has 8 nitrogen and oxygen atoms in total. The van der Waals surface area contributed by atoms with Crippen molar-refractivity contribution < 1.29 is 23.5 Å². The number of anilines is 1. The molecule has 0 unspecified atom stereocenters. The number of hydrogen-bond acceptors (Lipinski definition) is 7. The molecule has 1 aromatic carbocycles. The third kappa shape index (κ3) is 6.66. The van der Waals surface area contributed by atoms with Crippen molar-refractivity contribution in [3.05, 3.63) is 35.5 Å². The highest BCUT2D eigenvalue weighted by atomic mass is 32.2. The Balaban J connectivity index is 1.37. The molecule has 1 fully saturated rings. The summed E-state index contributed by atoms with van der Waals surface area (Å²) in [6.45, 7) is 3.87. The molecule has 1 aliphatic heterocycles. The number of piperazine rings is 1. The molecule has 166 valence electrons. The molecule has 3 amide bonds. The molecule has 0 bridgehead atoms. The summed E-state index contributed by atoms with van der Waals surface area (Å²) in [7, 11) is 0. The number of ether oxygens (including phenoxy) is 1. The van der Waals surface area contributed by atoms with Gasteiger partial charge in [-0.05, 0) is 31.2 Å². The molecular formula is C20H23FN4O4S2. The van der Waals surface area contributed by atoms with Gasteiger partial charge in [0.1, 0.15) is 5.82 Å². The smallest absolute Gasteiger partial charge is 0.409 e. The van der Waals surface area contributed by atoms with Gasteiger partial charge in [0.25, 0.3) is 0 Å². The second-order valence-electron chi connectivity index (χ2n) is 6.65. The van der Waals surface area contributed by atoms with Crippen molar-refractivity contribution in [3.8, 4) is 11.3 Å². The third-order valence-corrected chi connectivity index (χ3v) is 6.18. The van der Waals surface area contributed by atoms with Crippen molar-refractivity contribution in [1.82, 2.24) is 14.8 Å². The molecule has 0 spiro atoms. The van der Waals surface area contributed by atoms with E-state index >= 15 is 0 Å². The highest BCUT2D eigenvalue weighted by molar-refractivity contribution is 8.00. The number of rotatable bonds is 7. The Morgan fingerprint density at radius 2 is 1.81 bits per heavy atom. The standard InChI is InChI=1S/C20H23FN4O4S2/c1-2-29-20(28)25-9-7-24(8-10-25)18(27)13-30-12-17(26)23-19-22-16(11-31-19)14-3-5-15(21)6-4-14/h3-6,11H,2,7-10,12-13H2,1H3,(H,22,23,26). The minimum Gasteiger partial charge on any atom is -0.450 e. The van der Waals surface area contributed by atoms with E-state index in [2.05, 4.69) is 10.3 Å². The topological polar surface area (TPSA) is 91.8 Å². The van der Waals surface area contributed by atoms with Crippen LogP contribution < -0.4 is 5.32 Å². The summed E-state index contributed by atoms with van der Waals surface area (Å²) >= 11 is 2.51. The van der Waals surface area contributed by atoms with Gasteiger partial charge in [-0.3, -0.25) is 9.59 Å². The van der Waals surface area contributed by atoms with Crippen molar-refractivity contribution in [1.29, 1.82) is 0 Å². The van der Waals surface area contributed by atoms with Gasteiger partial charge in [-0.15, -0.1) is 23.1 Å². The summed E-state index contributed by atoms with van der Waals surface area (Å²) in [6, 6.07) is 5.97. The lowest BCUT2D eigenvalue weighted by Crippen LogP contribution is -2.51. The molecule has 0 saturated carbocycles. The van der Waals surface area contributed by atoms with Gasteiger partial charge in [0.15, 0.2) is 5.13 Å². The molecule has 1 saturated heterocycles. The van der Waals surface area contributed by atoms with E-state index in [4.69, 9.17) is 4.74 Å². The second-order valence-corrected chi connectivity index (χ2v) is 8.50. The fraction of sp³-hybridized carbons (Fsp3) is 0.400. The Hall–Kier alpha value is -2.66.